The van der Waals surface area contributed by atoms with Crippen LogP contribution in [0.2, 0.25) is 0 Å². The summed E-state index contributed by atoms with van der Waals surface area (Å²) in [4.78, 5) is 20.9. The molecule has 1 fully saturated rings. The number of amides is 1. The van der Waals surface area contributed by atoms with E-state index >= 15 is 0 Å². The van der Waals surface area contributed by atoms with E-state index in [0.717, 1.165) is 46.7 Å². The lowest BCUT2D eigenvalue weighted by molar-refractivity contribution is 0.0939. The Kier molecular flexibility index (Phi) is 6.51. The third-order valence-corrected chi connectivity index (χ3v) is 6.80. The fourth-order valence-electron chi connectivity index (χ4n) is 5.03. The van der Waals surface area contributed by atoms with Gasteiger partial charge in [-0.05, 0) is 56.6 Å². The normalized spacial score (nSPS) is 14.8. The molecule has 1 aliphatic heterocycles. The first-order valence-electron chi connectivity index (χ1n) is 12.1. The molecule has 7 heteroatoms. The minimum absolute atomic E-state index is 0.0810. The van der Waals surface area contributed by atoms with E-state index in [1.165, 1.54) is 12.8 Å². The molecule has 0 bridgehead atoms. The van der Waals surface area contributed by atoms with Gasteiger partial charge in [-0.3, -0.25) is 14.4 Å². The molecule has 1 saturated heterocycles. The minimum Gasteiger partial charge on any atom is -0.497 e. The second-order valence-corrected chi connectivity index (χ2v) is 9.07. The maximum absolute atomic E-state index is 13.7. The topological polar surface area (TPSA) is 72.3 Å². The molecule has 0 spiro atoms. The quantitative estimate of drug-likeness (QED) is 0.431. The maximum atomic E-state index is 13.7. The van der Waals surface area contributed by atoms with E-state index in [4.69, 9.17) is 9.72 Å². The molecule has 2 aromatic heterocycles. The van der Waals surface area contributed by atoms with Gasteiger partial charge in [0.15, 0.2) is 5.65 Å². The van der Waals surface area contributed by atoms with E-state index in [1.807, 2.05) is 62.5 Å². The molecule has 1 amide bonds. The van der Waals surface area contributed by atoms with Gasteiger partial charge in [-0.15, -0.1) is 0 Å². The third kappa shape index (κ3) is 4.64. The van der Waals surface area contributed by atoms with Crippen molar-refractivity contribution in [1.29, 1.82) is 0 Å². The Morgan fingerprint density at radius 1 is 1.09 bits per heavy atom. The number of pyridine rings is 1. The van der Waals surface area contributed by atoms with E-state index in [2.05, 4.69) is 27.4 Å². The van der Waals surface area contributed by atoms with Gasteiger partial charge in [0, 0.05) is 19.2 Å². The van der Waals surface area contributed by atoms with Crippen LogP contribution >= 0.6 is 0 Å². The van der Waals surface area contributed by atoms with Crippen molar-refractivity contribution in [1.82, 2.24) is 25.0 Å². The van der Waals surface area contributed by atoms with Crippen LogP contribution < -0.4 is 10.1 Å². The highest BCUT2D eigenvalue weighted by atomic mass is 16.5. The molecule has 1 N–H and O–H groups in total. The van der Waals surface area contributed by atoms with Crippen LogP contribution in [0.5, 0.6) is 5.75 Å². The van der Waals surface area contributed by atoms with Crippen molar-refractivity contribution in [3.05, 3.63) is 77.5 Å². The Bertz CT molecular complexity index is 1340. The molecule has 1 atom stereocenters. The fourth-order valence-corrected chi connectivity index (χ4v) is 5.03. The smallest absolute Gasteiger partial charge is 0.252 e. The Morgan fingerprint density at radius 3 is 2.60 bits per heavy atom. The number of aromatic nitrogens is 3. The first-order chi connectivity index (χ1) is 17.0. The van der Waals surface area contributed by atoms with Crippen molar-refractivity contribution >= 4 is 16.9 Å². The van der Waals surface area contributed by atoms with Gasteiger partial charge in [0.1, 0.15) is 5.75 Å². The Balaban J connectivity index is 1.48. The van der Waals surface area contributed by atoms with Gasteiger partial charge in [0.05, 0.1) is 35.5 Å². The second-order valence-electron chi connectivity index (χ2n) is 9.07. The van der Waals surface area contributed by atoms with Gasteiger partial charge < -0.3 is 10.1 Å². The van der Waals surface area contributed by atoms with Crippen LogP contribution in [0, 0.1) is 6.92 Å². The number of carbonyl (C=O) groups excluding carboxylic acids is 1. The summed E-state index contributed by atoms with van der Waals surface area (Å²) < 4.78 is 7.21. The average Bonchev–Trinajstić information content (AvgIpc) is 3.52. The number of hydrogen-bond donors (Lipinski definition) is 1. The number of aryl methyl sites for hydroxylation is 2. The number of ether oxygens (including phenoxy) is 1. The fraction of sp³-hybridized carbons (Fsp3) is 0.321. The summed E-state index contributed by atoms with van der Waals surface area (Å²) in [5.41, 5.74) is 4.98. The van der Waals surface area contributed by atoms with E-state index in [9.17, 15) is 4.79 Å². The third-order valence-electron chi connectivity index (χ3n) is 6.80. The Labute approximate surface area is 205 Å². The van der Waals surface area contributed by atoms with E-state index in [-0.39, 0.29) is 11.9 Å². The van der Waals surface area contributed by atoms with Gasteiger partial charge >= 0.3 is 0 Å². The van der Waals surface area contributed by atoms with Gasteiger partial charge in [-0.25, -0.2) is 4.98 Å². The molecule has 35 heavy (non-hydrogen) atoms. The van der Waals surface area contributed by atoms with Crippen molar-refractivity contribution in [2.24, 2.45) is 7.05 Å². The number of nitrogens with zero attached hydrogens (tertiary/aromatic N) is 4. The highest BCUT2D eigenvalue weighted by Crippen LogP contribution is 2.29. The molecule has 0 saturated carbocycles. The highest BCUT2D eigenvalue weighted by molar-refractivity contribution is 6.07. The first kappa shape index (κ1) is 23.1. The van der Waals surface area contributed by atoms with Crippen LogP contribution in [0.3, 0.4) is 0 Å². The molecular formula is C28H31N5O2. The van der Waals surface area contributed by atoms with Crippen molar-refractivity contribution in [3.8, 4) is 17.0 Å². The van der Waals surface area contributed by atoms with Gasteiger partial charge in [0.25, 0.3) is 5.91 Å². The molecule has 4 aromatic rings. The van der Waals surface area contributed by atoms with Crippen molar-refractivity contribution in [2.45, 2.75) is 25.8 Å². The summed E-state index contributed by atoms with van der Waals surface area (Å²) >= 11 is 0. The van der Waals surface area contributed by atoms with Crippen LogP contribution in [0.15, 0.2) is 60.7 Å². The molecule has 2 aromatic carbocycles. The number of likely N-dealkylation sites (tertiary alicyclic amines) is 1. The van der Waals surface area contributed by atoms with Crippen molar-refractivity contribution in [3.63, 3.8) is 0 Å². The Hall–Kier alpha value is -3.71. The van der Waals surface area contributed by atoms with Crippen molar-refractivity contribution < 1.29 is 9.53 Å². The molecule has 1 unspecified atom stereocenters. The lowest BCUT2D eigenvalue weighted by Crippen LogP contribution is -2.37. The van der Waals surface area contributed by atoms with Crippen LogP contribution in [-0.4, -0.2) is 52.3 Å². The van der Waals surface area contributed by atoms with Crippen LogP contribution in [0.1, 0.15) is 40.5 Å². The van der Waals surface area contributed by atoms with Crippen molar-refractivity contribution in [2.75, 3.05) is 26.7 Å². The summed E-state index contributed by atoms with van der Waals surface area (Å²) in [5, 5.41) is 8.57. The molecule has 5 rings (SSSR count). The molecule has 0 aliphatic carbocycles. The monoisotopic (exact) mass is 469 g/mol. The number of hydrogen-bond acceptors (Lipinski definition) is 5. The molecular weight excluding hydrogens is 438 g/mol. The van der Waals surface area contributed by atoms with E-state index in [0.29, 0.717) is 17.8 Å². The molecule has 3 heterocycles. The van der Waals surface area contributed by atoms with Gasteiger partial charge in [-0.1, -0.05) is 42.5 Å². The minimum atomic E-state index is -0.113. The zero-order valence-electron chi connectivity index (χ0n) is 20.5. The number of methoxy groups -OCH3 is 1. The van der Waals surface area contributed by atoms with Gasteiger partial charge in [-0.2, -0.15) is 5.10 Å². The van der Waals surface area contributed by atoms with E-state index in [1.54, 1.807) is 11.8 Å². The number of rotatable bonds is 7. The summed E-state index contributed by atoms with van der Waals surface area (Å²) in [5.74, 6) is 0.713. The largest absolute Gasteiger partial charge is 0.497 e. The highest BCUT2D eigenvalue weighted by Gasteiger charge is 2.26. The summed E-state index contributed by atoms with van der Waals surface area (Å²) in [7, 11) is 3.55. The molecule has 180 valence electrons. The maximum Gasteiger partial charge on any atom is 0.252 e. The van der Waals surface area contributed by atoms with Crippen LogP contribution in [0.4, 0.5) is 0 Å². The second kappa shape index (κ2) is 9.88. The predicted molar refractivity (Wildman–Crippen MR) is 138 cm³/mol. The Morgan fingerprint density at radius 2 is 1.86 bits per heavy atom. The lowest BCUT2D eigenvalue weighted by atomic mass is 10.0. The first-order valence-corrected chi connectivity index (χ1v) is 12.1. The lowest BCUT2D eigenvalue weighted by Gasteiger charge is -2.28. The zero-order valence-corrected chi connectivity index (χ0v) is 20.5. The van der Waals surface area contributed by atoms with Crippen LogP contribution in [-0.2, 0) is 7.05 Å². The molecule has 0 radical (unpaired) electrons. The number of fused-ring (bicyclic) bond motifs is 1. The number of benzene rings is 2. The molecule has 1 aliphatic rings. The van der Waals surface area contributed by atoms with Gasteiger partial charge in [0.2, 0.25) is 0 Å². The zero-order chi connectivity index (χ0) is 24.4. The number of nitrogens with one attached hydrogen (secondary N) is 1. The standard InChI is InChI=1S/C28H31N5O2/c1-19-26-23(17-24(20-10-5-4-6-11-20)30-27(26)32(2)31-19)28(34)29-18-25(33-14-7-8-15-33)21-12-9-13-22(16-21)35-3/h4-6,9-13,16-17,25H,7-8,14-15,18H2,1-3H3,(H,29,34). The van der Waals surface area contributed by atoms with Crippen LogP contribution in [0.25, 0.3) is 22.3 Å². The summed E-state index contributed by atoms with van der Waals surface area (Å²) in [6.45, 7) is 4.48. The molecule has 7 nitrogen and oxygen atoms in total. The number of carbonyl (C=O) groups is 1. The predicted octanol–water partition coefficient (Wildman–Crippen LogP) is 4.52. The summed E-state index contributed by atoms with van der Waals surface area (Å²) in [6, 6.07) is 20.0. The summed E-state index contributed by atoms with van der Waals surface area (Å²) in [6.07, 6.45) is 2.35. The SMILES string of the molecule is COc1cccc(C(CNC(=O)c2cc(-c3ccccc3)nc3c2c(C)nn3C)N2CCCC2)c1. The van der Waals surface area contributed by atoms with E-state index < -0.39 is 0 Å². The average molecular weight is 470 g/mol.